The van der Waals surface area contributed by atoms with Crippen LogP contribution in [-0.2, 0) is 0 Å². The Balaban J connectivity index is 4.02. The summed E-state index contributed by atoms with van der Waals surface area (Å²) in [5.41, 5.74) is 4.22. The Kier molecular flexibility index (Phi) is 3.86. The van der Waals surface area contributed by atoms with Gasteiger partial charge in [0.05, 0.1) is 11.7 Å². The molecular weight excluding hydrogens is 130 g/mol. The van der Waals surface area contributed by atoms with E-state index in [4.69, 9.17) is 5.73 Å². The largest absolute Gasteiger partial charge is 0.389 e. The lowest BCUT2D eigenvalue weighted by atomic mass is 9.91. The standard InChI is InChI=1S/C7H17NO2/c1-3-7(10,4-2)6(9)5-8/h6,9-10H,3-5,8H2,1-2H3. The lowest BCUT2D eigenvalue weighted by Crippen LogP contribution is -2.45. The molecule has 0 radical (unpaired) electrons. The van der Waals surface area contributed by atoms with E-state index >= 15 is 0 Å². The number of aliphatic hydroxyl groups is 2. The summed E-state index contributed by atoms with van der Waals surface area (Å²) in [6.07, 6.45) is 0.298. The van der Waals surface area contributed by atoms with Crippen molar-refractivity contribution in [1.82, 2.24) is 0 Å². The molecule has 0 aromatic carbocycles. The minimum absolute atomic E-state index is 0.123. The molecule has 0 amide bonds. The first-order valence-corrected chi connectivity index (χ1v) is 3.71. The van der Waals surface area contributed by atoms with Gasteiger partial charge in [0.1, 0.15) is 0 Å². The fraction of sp³-hybridized carbons (Fsp3) is 1.00. The first-order chi connectivity index (χ1) is 4.60. The lowest BCUT2D eigenvalue weighted by Gasteiger charge is -2.29. The molecule has 10 heavy (non-hydrogen) atoms. The Morgan fingerprint density at radius 3 is 1.90 bits per heavy atom. The smallest absolute Gasteiger partial charge is 0.0948 e. The van der Waals surface area contributed by atoms with Crippen molar-refractivity contribution < 1.29 is 10.2 Å². The molecule has 0 aliphatic carbocycles. The summed E-state index contributed by atoms with van der Waals surface area (Å²) < 4.78 is 0. The van der Waals surface area contributed by atoms with E-state index in [0.29, 0.717) is 12.8 Å². The number of hydrogen-bond donors (Lipinski definition) is 3. The molecule has 0 aromatic heterocycles. The number of nitrogens with two attached hydrogens (primary N) is 1. The van der Waals surface area contributed by atoms with Crippen LogP contribution in [0.1, 0.15) is 26.7 Å². The van der Waals surface area contributed by atoms with Gasteiger partial charge in [-0.1, -0.05) is 13.8 Å². The van der Waals surface area contributed by atoms with Crippen LogP contribution >= 0.6 is 0 Å². The molecule has 0 bridgehead atoms. The van der Waals surface area contributed by atoms with Crippen LogP contribution in [0.25, 0.3) is 0 Å². The Labute approximate surface area is 61.9 Å². The highest BCUT2D eigenvalue weighted by atomic mass is 16.3. The summed E-state index contributed by atoms with van der Waals surface area (Å²) in [6.45, 7) is 3.79. The van der Waals surface area contributed by atoms with Crippen molar-refractivity contribution >= 4 is 0 Å². The summed E-state index contributed by atoms with van der Waals surface area (Å²) in [6, 6.07) is 0. The first kappa shape index (κ1) is 9.88. The zero-order valence-electron chi connectivity index (χ0n) is 6.67. The van der Waals surface area contributed by atoms with Crippen LogP contribution in [0, 0.1) is 0 Å². The molecule has 3 heteroatoms. The van der Waals surface area contributed by atoms with Crippen LogP contribution in [0.15, 0.2) is 0 Å². The van der Waals surface area contributed by atoms with Gasteiger partial charge in [-0.3, -0.25) is 0 Å². The van der Waals surface area contributed by atoms with Crippen molar-refractivity contribution in [3.05, 3.63) is 0 Å². The Bertz CT molecular complexity index is 91.6. The molecule has 0 spiro atoms. The molecule has 0 aliphatic heterocycles. The van der Waals surface area contributed by atoms with Gasteiger partial charge in [0, 0.05) is 6.54 Å². The molecule has 0 fully saturated rings. The van der Waals surface area contributed by atoms with Gasteiger partial charge >= 0.3 is 0 Å². The van der Waals surface area contributed by atoms with Gasteiger partial charge in [0.25, 0.3) is 0 Å². The van der Waals surface area contributed by atoms with Gasteiger partial charge in [-0.2, -0.15) is 0 Å². The van der Waals surface area contributed by atoms with Crippen LogP contribution < -0.4 is 5.73 Å². The summed E-state index contributed by atoms with van der Waals surface area (Å²) in [7, 11) is 0. The van der Waals surface area contributed by atoms with Crippen molar-refractivity contribution in [3.63, 3.8) is 0 Å². The van der Waals surface area contributed by atoms with Crippen LogP contribution in [0.4, 0.5) is 0 Å². The topological polar surface area (TPSA) is 66.5 Å². The number of rotatable bonds is 4. The Morgan fingerprint density at radius 2 is 1.80 bits per heavy atom. The summed E-state index contributed by atoms with van der Waals surface area (Å²) in [5, 5.41) is 18.8. The first-order valence-electron chi connectivity index (χ1n) is 3.71. The van der Waals surface area contributed by atoms with E-state index in [-0.39, 0.29) is 6.54 Å². The maximum atomic E-state index is 9.57. The predicted molar refractivity (Wildman–Crippen MR) is 40.6 cm³/mol. The molecule has 0 saturated heterocycles. The third-order valence-corrected chi connectivity index (χ3v) is 2.07. The third-order valence-electron chi connectivity index (χ3n) is 2.07. The zero-order valence-corrected chi connectivity index (χ0v) is 6.67. The molecule has 4 N–H and O–H groups in total. The van der Waals surface area contributed by atoms with Crippen LogP contribution in [0.3, 0.4) is 0 Å². The van der Waals surface area contributed by atoms with E-state index in [2.05, 4.69) is 0 Å². The molecule has 0 aromatic rings. The summed E-state index contributed by atoms with van der Waals surface area (Å²) >= 11 is 0. The SMILES string of the molecule is CCC(O)(CC)C(O)CN. The van der Waals surface area contributed by atoms with Crippen molar-refractivity contribution in [3.8, 4) is 0 Å². The molecule has 0 rings (SSSR count). The minimum atomic E-state index is -0.977. The fourth-order valence-electron chi connectivity index (χ4n) is 0.941. The molecule has 1 atom stereocenters. The van der Waals surface area contributed by atoms with Crippen LogP contribution in [0.5, 0.6) is 0 Å². The quantitative estimate of drug-likeness (QED) is 0.518. The maximum Gasteiger partial charge on any atom is 0.0948 e. The number of aliphatic hydroxyl groups excluding tert-OH is 1. The molecule has 1 unspecified atom stereocenters. The molecule has 3 nitrogen and oxygen atoms in total. The van der Waals surface area contributed by atoms with Crippen molar-refractivity contribution in [1.29, 1.82) is 0 Å². The molecule has 62 valence electrons. The van der Waals surface area contributed by atoms with Crippen LogP contribution in [0.2, 0.25) is 0 Å². The van der Waals surface area contributed by atoms with E-state index in [1.807, 2.05) is 13.8 Å². The second kappa shape index (κ2) is 3.91. The van der Waals surface area contributed by atoms with Crippen molar-refractivity contribution in [2.45, 2.75) is 38.4 Å². The van der Waals surface area contributed by atoms with E-state index in [1.165, 1.54) is 0 Å². The lowest BCUT2D eigenvalue weighted by molar-refractivity contribution is -0.0748. The molecule has 0 heterocycles. The van der Waals surface area contributed by atoms with E-state index in [0.717, 1.165) is 0 Å². The monoisotopic (exact) mass is 147 g/mol. The Morgan fingerprint density at radius 1 is 1.40 bits per heavy atom. The molecular formula is C7H17NO2. The average molecular weight is 147 g/mol. The number of hydrogen-bond acceptors (Lipinski definition) is 3. The molecule has 0 saturated carbocycles. The van der Waals surface area contributed by atoms with Gasteiger partial charge in [0.2, 0.25) is 0 Å². The van der Waals surface area contributed by atoms with Gasteiger partial charge in [-0.25, -0.2) is 0 Å². The third kappa shape index (κ3) is 1.94. The zero-order chi connectivity index (χ0) is 8.20. The van der Waals surface area contributed by atoms with Gasteiger partial charge in [-0.05, 0) is 12.8 Å². The summed E-state index contributed by atoms with van der Waals surface area (Å²) in [5.74, 6) is 0. The predicted octanol–water partition coefficient (Wildman–Crippen LogP) is -0.143. The van der Waals surface area contributed by atoms with Crippen molar-refractivity contribution in [2.24, 2.45) is 5.73 Å². The second-order valence-corrected chi connectivity index (χ2v) is 2.56. The van der Waals surface area contributed by atoms with Gasteiger partial charge in [-0.15, -0.1) is 0 Å². The van der Waals surface area contributed by atoms with E-state index in [9.17, 15) is 10.2 Å². The van der Waals surface area contributed by atoms with Gasteiger partial charge < -0.3 is 15.9 Å². The van der Waals surface area contributed by atoms with E-state index < -0.39 is 11.7 Å². The highest BCUT2D eigenvalue weighted by molar-refractivity contribution is 4.83. The normalized spacial score (nSPS) is 15.3. The highest BCUT2D eigenvalue weighted by Gasteiger charge is 2.30. The van der Waals surface area contributed by atoms with Crippen LogP contribution in [-0.4, -0.2) is 28.5 Å². The average Bonchev–Trinajstić information content (AvgIpc) is 2.01. The molecule has 0 aliphatic rings. The minimum Gasteiger partial charge on any atom is -0.389 e. The maximum absolute atomic E-state index is 9.57. The fourth-order valence-corrected chi connectivity index (χ4v) is 0.941. The van der Waals surface area contributed by atoms with E-state index in [1.54, 1.807) is 0 Å². The Hall–Kier alpha value is -0.120. The van der Waals surface area contributed by atoms with Gasteiger partial charge in [0.15, 0.2) is 0 Å². The second-order valence-electron chi connectivity index (χ2n) is 2.56. The summed E-state index contributed by atoms with van der Waals surface area (Å²) in [4.78, 5) is 0. The highest BCUT2D eigenvalue weighted by Crippen LogP contribution is 2.18. The van der Waals surface area contributed by atoms with Crippen molar-refractivity contribution in [2.75, 3.05) is 6.54 Å².